The van der Waals surface area contributed by atoms with E-state index in [2.05, 4.69) is 6.92 Å². The van der Waals surface area contributed by atoms with Gasteiger partial charge in [-0.05, 0) is 24.5 Å². The molecule has 0 radical (unpaired) electrons. The van der Waals surface area contributed by atoms with Gasteiger partial charge in [-0.3, -0.25) is 0 Å². The van der Waals surface area contributed by atoms with Gasteiger partial charge in [0.2, 0.25) is 0 Å². The molecule has 0 aromatic heterocycles. The van der Waals surface area contributed by atoms with E-state index in [1.807, 2.05) is 67.6 Å². The molecule has 5 atom stereocenters. The zero-order valence-electron chi connectivity index (χ0n) is 20.1. The zero-order valence-corrected chi connectivity index (χ0v) is 20.1. The molecule has 1 heterocycles. The van der Waals surface area contributed by atoms with Gasteiger partial charge in [-0.15, -0.1) is 0 Å². The Labute approximate surface area is 199 Å². The van der Waals surface area contributed by atoms with Gasteiger partial charge in [0.15, 0.2) is 6.29 Å². The maximum atomic E-state index is 10.9. The first kappa shape index (κ1) is 25.9. The molecule has 33 heavy (non-hydrogen) atoms. The molecule has 1 N–H and O–H groups in total. The fourth-order valence-electron chi connectivity index (χ4n) is 4.10. The fraction of sp³-hybridized carbons (Fsp3) is 0.571. The Balaban J connectivity index is 1.62. The number of aliphatic hydroxyl groups excluding tert-OH is 1. The van der Waals surface area contributed by atoms with E-state index in [1.54, 1.807) is 0 Å². The maximum Gasteiger partial charge on any atom is 0.186 e. The lowest BCUT2D eigenvalue weighted by molar-refractivity contribution is -0.313. The van der Waals surface area contributed by atoms with Crippen LogP contribution in [0.2, 0.25) is 0 Å². The summed E-state index contributed by atoms with van der Waals surface area (Å²) >= 11 is 0. The van der Waals surface area contributed by atoms with Crippen molar-refractivity contribution in [2.45, 2.75) is 96.3 Å². The number of unbranched alkanes of at least 4 members (excludes halogenated alkanes) is 5. The molecule has 1 aliphatic rings. The summed E-state index contributed by atoms with van der Waals surface area (Å²) in [5.41, 5.74) is 2.11. The second-order valence-corrected chi connectivity index (χ2v) is 8.86. The van der Waals surface area contributed by atoms with Crippen LogP contribution in [0.4, 0.5) is 0 Å². The van der Waals surface area contributed by atoms with Crippen molar-refractivity contribution in [3.63, 3.8) is 0 Å². The Bertz CT molecular complexity index is 753. The second-order valence-electron chi connectivity index (χ2n) is 8.86. The van der Waals surface area contributed by atoms with Gasteiger partial charge in [-0.2, -0.15) is 0 Å². The van der Waals surface area contributed by atoms with Crippen LogP contribution in [0.3, 0.4) is 0 Å². The number of ether oxygens (including phenoxy) is 4. The van der Waals surface area contributed by atoms with Crippen LogP contribution in [0.25, 0.3) is 0 Å². The number of benzene rings is 2. The molecule has 1 saturated heterocycles. The van der Waals surface area contributed by atoms with Gasteiger partial charge >= 0.3 is 0 Å². The summed E-state index contributed by atoms with van der Waals surface area (Å²) in [6.07, 6.45) is 4.31. The van der Waals surface area contributed by atoms with E-state index in [0.29, 0.717) is 19.8 Å². The van der Waals surface area contributed by atoms with Gasteiger partial charge in [0.05, 0.1) is 19.3 Å². The average Bonchev–Trinajstić information content (AvgIpc) is 2.85. The molecule has 182 valence electrons. The van der Waals surface area contributed by atoms with Crippen LogP contribution in [0, 0.1) is 0 Å². The van der Waals surface area contributed by atoms with Crippen molar-refractivity contribution < 1.29 is 24.1 Å². The lowest BCUT2D eigenvalue weighted by Gasteiger charge is -2.43. The van der Waals surface area contributed by atoms with Crippen molar-refractivity contribution in [1.82, 2.24) is 0 Å². The molecule has 1 fully saturated rings. The van der Waals surface area contributed by atoms with Crippen molar-refractivity contribution in [1.29, 1.82) is 0 Å². The molecule has 3 rings (SSSR count). The Hall–Kier alpha value is -1.76. The monoisotopic (exact) mass is 456 g/mol. The molecule has 2 unspecified atom stereocenters. The minimum absolute atomic E-state index is 0.393. The first-order valence-electron chi connectivity index (χ1n) is 12.4. The topological polar surface area (TPSA) is 57.2 Å². The average molecular weight is 457 g/mol. The molecule has 1 aliphatic heterocycles. The molecular formula is C28H40O5. The number of hydrogen-bond acceptors (Lipinski definition) is 5. The summed E-state index contributed by atoms with van der Waals surface area (Å²) in [6.45, 7) is 5.49. The predicted octanol–water partition coefficient (Wildman–Crippen LogP) is 5.64. The SMILES string of the molecule is CCCCCCCCO[C@@H]1OC(C)[C@@H](O)[C@H](OCc2ccccc2)C1OCc1ccccc1. The fourth-order valence-corrected chi connectivity index (χ4v) is 4.10. The van der Waals surface area contributed by atoms with Crippen LogP contribution < -0.4 is 0 Å². The summed E-state index contributed by atoms with van der Waals surface area (Å²) < 4.78 is 24.7. The third-order valence-corrected chi connectivity index (χ3v) is 6.11. The summed E-state index contributed by atoms with van der Waals surface area (Å²) in [5.74, 6) is 0. The normalized spacial score (nSPS) is 25.2. The Morgan fingerprint density at radius 3 is 1.88 bits per heavy atom. The van der Waals surface area contributed by atoms with Gasteiger partial charge in [0.25, 0.3) is 0 Å². The lowest BCUT2D eigenvalue weighted by Crippen LogP contribution is -2.59. The molecule has 0 saturated carbocycles. The quantitative estimate of drug-likeness (QED) is 0.373. The highest BCUT2D eigenvalue weighted by Crippen LogP contribution is 2.28. The van der Waals surface area contributed by atoms with Crippen LogP contribution in [0.15, 0.2) is 60.7 Å². The van der Waals surface area contributed by atoms with Crippen molar-refractivity contribution in [3.05, 3.63) is 71.8 Å². The Morgan fingerprint density at radius 2 is 1.27 bits per heavy atom. The third-order valence-electron chi connectivity index (χ3n) is 6.11. The van der Waals surface area contributed by atoms with E-state index in [-0.39, 0.29) is 0 Å². The van der Waals surface area contributed by atoms with E-state index in [4.69, 9.17) is 18.9 Å². The van der Waals surface area contributed by atoms with Crippen LogP contribution in [0.5, 0.6) is 0 Å². The molecule has 0 bridgehead atoms. The maximum absolute atomic E-state index is 10.9. The van der Waals surface area contributed by atoms with Gasteiger partial charge in [0, 0.05) is 6.61 Å². The Morgan fingerprint density at radius 1 is 0.727 bits per heavy atom. The summed E-state index contributed by atoms with van der Waals surface area (Å²) in [4.78, 5) is 0. The van der Waals surface area contributed by atoms with Gasteiger partial charge in [-0.25, -0.2) is 0 Å². The molecule has 0 aliphatic carbocycles. The molecule has 2 aromatic carbocycles. The zero-order chi connectivity index (χ0) is 23.3. The molecular weight excluding hydrogens is 416 g/mol. The van der Waals surface area contributed by atoms with Crippen LogP contribution >= 0.6 is 0 Å². The van der Waals surface area contributed by atoms with Gasteiger partial charge in [-0.1, -0.05) is 99.7 Å². The second kappa shape index (κ2) is 14.5. The van der Waals surface area contributed by atoms with Crippen LogP contribution in [0.1, 0.15) is 63.5 Å². The predicted molar refractivity (Wildman–Crippen MR) is 130 cm³/mol. The number of aliphatic hydroxyl groups is 1. The minimum Gasteiger partial charge on any atom is -0.388 e. The van der Waals surface area contributed by atoms with E-state index >= 15 is 0 Å². The standard InChI is InChI=1S/C28H40O5/c1-3-4-5-6-7-14-19-30-28-27(32-21-24-17-12-9-13-18-24)26(25(29)22(2)33-28)31-20-23-15-10-8-11-16-23/h8-13,15-18,22,25-29H,3-7,14,19-21H2,1-2H3/t22?,25-,26+,27?,28-/m1/s1. The van der Waals surface area contributed by atoms with Crippen molar-refractivity contribution in [2.24, 2.45) is 0 Å². The summed E-state index contributed by atoms with van der Waals surface area (Å²) in [6, 6.07) is 20.0. The van der Waals surface area contributed by atoms with E-state index in [0.717, 1.165) is 24.0 Å². The largest absolute Gasteiger partial charge is 0.388 e. The third kappa shape index (κ3) is 8.51. The highest BCUT2D eigenvalue weighted by molar-refractivity contribution is 5.14. The smallest absolute Gasteiger partial charge is 0.186 e. The van der Waals surface area contributed by atoms with Crippen LogP contribution in [-0.2, 0) is 32.2 Å². The van der Waals surface area contributed by atoms with Crippen LogP contribution in [-0.4, -0.2) is 42.4 Å². The van der Waals surface area contributed by atoms with E-state index < -0.39 is 30.7 Å². The molecule has 5 nitrogen and oxygen atoms in total. The molecule has 5 heteroatoms. The van der Waals surface area contributed by atoms with Gasteiger partial charge < -0.3 is 24.1 Å². The molecule has 0 amide bonds. The number of hydrogen-bond donors (Lipinski definition) is 1. The van der Waals surface area contributed by atoms with E-state index in [9.17, 15) is 5.11 Å². The summed E-state index contributed by atoms with van der Waals surface area (Å²) in [7, 11) is 0. The first-order chi connectivity index (χ1) is 16.2. The Kier molecular flexibility index (Phi) is 11.4. The number of rotatable bonds is 14. The van der Waals surface area contributed by atoms with Crippen molar-refractivity contribution in [3.8, 4) is 0 Å². The highest BCUT2D eigenvalue weighted by atomic mass is 16.7. The molecule has 2 aromatic rings. The summed E-state index contributed by atoms with van der Waals surface area (Å²) in [5, 5.41) is 10.9. The van der Waals surface area contributed by atoms with Gasteiger partial charge in [0.1, 0.15) is 18.3 Å². The minimum atomic E-state index is -0.802. The van der Waals surface area contributed by atoms with Crippen molar-refractivity contribution in [2.75, 3.05) is 6.61 Å². The van der Waals surface area contributed by atoms with E-state index in [1.165, 1.54) is 25.7 Å². The highest BCUT2D eigenvalue weighted by Gasteiger charge is 2.45. The van der Waals surface area contributed by atoms with Crippen molar-refractivity contribution >= 4 is 0 Å². The first-order valence-corrected chi connectivity index (χ1v) is 12.4. The molecule has 0 spiro atoms. The lowest BCUT2D eigenvalue weighted by atomic mass is 9.99.